The molecule has 2 unspecified atom stereocenters. The topological polar surface area (TPSA) is 75.6 Å². The lowest BCUT2D eigenvalue weighted by atomic mass is 10.1. The van der Waals surface area contributed by atoms with E-state index in [4.69, 9.17) is 28.4 Å². The Morgan fingerprint density at radius 3 is 2.48 bits per heavy atom. The van der Waals surface area contributed by atoms with Crippen molar-refractivity contribution in [2.75, 3.05) is 53.4 Å². The smallest absolute Gasteiger partial charge is 0.180 e. The van der Waals surface area contributed by atoms with Crippen LogP contribution >= 0.6 is 0 Å². The SMILES string of the molecule is COC(O)c1cccc(COCCOCCOCCOC2CCCCO2)c1. The van der Waals surface area contributed by atoms with Gasteiger partial charge in [0.25, 0.3) is 0 Å². The van der Waals surface area contributed by atoms with Crippen molar-refractivity contribution in [2.45, 2.75) is 38.4 Å². The highest BCUT2D eigenvalue weighted by molar-refractivity contribution is 5.23. The minimum Gasteiger partial charge on any atom is -0.377 e. The van der Waals surface area contributed by atoms with Gasteiger partial charge < -0.3 is 33.5 Å². The van der Waals surface area contributed by atoms with E-state index in [1.807, 2.05) is 24.3 Å². The Balaban J connectivity index is 1.39. The van der Waals surface area contributed by atoms with Crippen LogP contribution in [-0.2, 0) is 35.0 Å². The summed E-state index contributed by atoms with van der Waals surface area (Å²) in [6.07, 6.45) is 2.30. The molecule has 1 aliphatic rings. The fourth-order valence-electron chi connectivity index (χ4n) is 2.68. The van der Waals surface area contributed by atoms with Crippen LogP contribution in [-0.4, -0.2) is 64.8 Å². The molecule has 1 aromatic rings. The van der Waals surface area contributed by atoms with Gasteiger partial charge in [-0.25, -0.2) is 0 Å². The molecule has 7 heteroatoms. The number of benzene rings is 1. The van der Waals surface area contributed by atoms with Crippen LogP contribution < -0.4 is 0 Å². The zero-order valence-electron chi connectivity index (χ0n) is 16.1. The van der Waals surface area contributed by atoms with Gasteiger partial charge in [0.05, 0.1) is 46.2 Å². The van der Waals surface area contributed by atoms with E-state index in [1.54, 1.807) is 0 Å². The van der Waals surface area contributed by atoms with Crippen molar-refractivity contribution in [1.82, 2.24) is 0 Å². The third-order valence-corrected chi connectivity index (χ3v) is 4.14. The third-order valence-electron chi connectivity index (χ3n) is 4.14. The summed E-state index contributed by atoms with van der Waals surface area (Å²) in [5, 5.41) is 9.66. The van der Waals surface area contributed by atoms with Gasteiger partial charge in [-0.15, -0.1) is 0 Å². The molecule has 1 fully saturated rings. The fourth-order valence-corrected chi connectivity index (χ4v) is 2.68. The molecule has 1 aliphatic heterocycles. The van der Waals surface area contributed by atoms with Gasteiger partial charge in [-0.2, -0.15) is 0 Å². The molecule has 1 saturated heterocycles. The number of ether oxygens (including phenoxy) is 6. The van der Waals surface area contributed by atoms with Crippen LogP contribution in [0.5, 0.6) is 0 Å². The van der Waals surface area contributed by atoms with E-state index >= 15 is 0 Å². The Hall–Kier alpha value is -1.06. The van der Waals surface area contributed by atoms with Gasteiger partial charge in [-0.1, -0.05) is 18.2 Å². The first-order chi connectivity index (χ1) is 13.3. The van der Waals surface area contributed by atoms with Crippen LogP contribution in [0.1, 0.15) is 36.7 Å². The van der Waals surface area contributed by atoms with Crippen molar-refractivity contribution in [3.05, 3.63) is 35.4 Å². The zero-order valence-corrected chi connectivity index (χ0v) is 16.1. The van der Waals surface area contributed by atoms with Crippen molar-refractivity contribution >= 4 is 0 Å². The fraction of sp³-hybridized carbons (Fsp3) is 0.700. The molecule has 1 aromatic carbocycles. The quantitative estimate of drug-likeness (QED) is 0.390. The maximum Gasteiger partial charge on any atom is 0.180 e. The largest absolute Gasteiger partial charge is 0.377 e. The maximum absolute atomic E-state index is 9.66. The lowest BCUT2D eigenvalue weighted by Crippen LogP contribution is -2.24. The molecule has 1 N–H and O–H groups in total. The third kappa shape index (κ3) is 9.62. The Kier molecular flexibility index (Phi) is 11.5. The lowest BCUT2D eigenvalue weighted by Gasteiger charge is -2.22. The number of hydrogen-bond acceptors (Lipinski definition) is 7. The monoisotopic (exact) mass is 384 g/mol. The summed E-state index contributed by atoms with van der Waals surface area (Å²) in [6.45, 7) is 4.42. The standard InChI is InChI=1S/C20H32O7/c1-22-20(21)18-6-4-5-17(15-18)16-25-12-11-23-9-10-24-13-14-27-19-7-2-3-8-26-19/h4-6,15,19-21H,2-3,7-14,16H2,1H3. The van der Waals surface area contributed by atoms with Gasteiger partial charge in [0, 0.05) is 19.3 Å². The highest BCUT2D eigenvalue weighted by Gasteiger charge is 2.13. The maximum atomic E-state index is 9.66. The second-order valence-electron chi connectivity index (χ2n) is 6.28. The predicted octanol–water partition coefficient (Wildman–Crippen LogP) is 2.42. The molecule has 1 heterocycles. The summed E-state index contributed by atoms with van der Waals surface area (Å²) in [7, 11) is 1.47. The molecule has 27 heavy (non-hydrogen) atoms. The molecule has 154 valence electrons. The van der Waals surface area contributed by atoms with Gasteiger partial charge in [-0.05, 0) is 30.9 Å². The predicted molar refractivity (Wildman–Crippen MR) is 99.2 cm³/mol. The number of aliphatic hydroxyl groups is 1. The summed E-state index contributed by atoms with van der Waals surface area (Å²) in [6, 6.07) is 7.49. The number of aliphatic hydroxyl groups excluding tert-OH is 1. The van der Waals surface area contributed by atoms with Gasteiger partial charge in [-0.3, -0.25) is 0 Å². The van der Waals surface area contributed by atoms with E-state index in [2.05, 4.69) is 0 Å². The molecular weight excluding hydrogens is 352 g/mol. The van der Waals surface area contributed by atoms with Crippen LogP contribution in [0.15, 0.2) is 24.3 Å². The average Bonchev–Trinajstić information content (AvgIpc) is 2.72. The van der Waals surface area contributed by atoms with Gasteiger partial charge in [0.15, 0.2) is 12.6 Å². The lowest BCUT2D eigenvalue weighted by molar-refractivity contribution is -0.169. The Bertz CT molecular complexity index is 491. The summed E-state index contributed by atoms with van der Waals surface area (Å²) < 4.78 is 32.5. The van der Waals surface area contributed by atoms with Crippen LogP contribution in [0.2, 0.25) is 0 Å². The van der Waals surface area contributed by atoms with Crippen molar-refractivity contribution in [3.8, 4) is 0 Å². The van der Waals surface area contributed by atoms with E-state index in [1.165, 1.54) is 13.5 Å². The van der Waals surface area contributed by atoms with Crippen LogP contribution in [0.3, 0.4) is 0 Å². The van der Waals surface area contributed by atoms with Crippen molar-refractivity contribution in [3.63, 3.8) is 0 Å². The Labute approximate surface area is 161 Å². The minimum absolute atomic E-state index is 0.0609. The molecule has 0 aromatic heterocycles. The van der Waals surface area contributed by atoms with Crippen molar-refractivity contribution in [1.29, 1.82) is 0 Å². The number of hydrogen-bond donors (Lipinski definition) is 1. The number of methoxy groups -OCH3 is 1. The minimum atomic E-state index is -0.908. The van der Waals surface area contributed by atoms with Gasteiger partial charge in [0.2, 0.25) is 0 Å². The molecule has 0 spiro atoms. The zero-order chi connectivity index (χ0) is 19.2. The van der Waals surface area contributed by atoms with Crippen LogP contribution in [0.25, 0.3) is 0 Å². The first-order valence-electron chi connectivity index (χ1n) is 9.55. The molecule has 0 amide bonds. The summed E-state index contributed by atoms with van der Waals surface area (Å²) in [5.74, 6) is 0. The molecule has 0 radical (unpaired) electrons. The van der Waals surface area contributed by atoms with Gasteiger partial charge in [0.1, 0.15) is 0 Å². The molecule has 0 aliphatic carbocycles. The molecule has 2 rings (SSSR count). The second kappa shape index (κ2) is 14.0. The first-order valence-corrected chi connectivity index (χ1v) is 9.55. The Morgan fingerprint density at radius 2 is 1.78 bits per heavy atom. The molecular formula is C20H32O7. The Morgan fingerprint density at radius 1 is 1.04 bits per heavy atom. The molecule has 2 atom stereocenters. The normalized spacial score (nSPS) is 18.5. The second-order valence-corrected chi connectivity index (χ2v) is 6.28. The van der Waals surface area contributed by atoms with Crippen LogP contribution in [0.4, 0.5) is 0 Å². The molecule has 0 bridgehead atoms. The molecule has 0 saturated carbocycles. The van der Waals surface area contributed by atoms with E-state index in [-0.39, 0.29) is 6.29 Å². The number of rotatable bonds is 14. The highest BCUT2D eigenvalue weighted by Crippen LogP contribution is 2.15. The summed E-state index contributed by atoms with van der Waals surface area (Å²) in [5.41, 5.74) is 1.69. The van der Waals surface area contributed by atoms with E-state index < -0.39 is 6.29 Å². The van der Waals surface area contributed by atoms with E-state index in [0.29, 0.717) is 51.8 Å². The van der Waals surface area contributed by atoms with E-state index in [9.17, 15) is 5.11 Å². The van der Waals surface area contributed by atoms with E-state index in [0.717, 1.165) is 25.0 Å². The average molecular weight is 384 g/mol. The summed E-state index contributed by atoms with van der Waals surface area (Å²) >= 11 is 0. The first kappa shape index (κ1) is 22.2. The highest BCUT2D eigenvalue weighted by atomic mass is 16.7. The van der Waals surface area contributed by atoms with Crippen molar-refractivity contribution < 1.29 is 33.5 Å². The summed E-state index contributed by atoms with van der Waals surface area (Å²) in [4.78, 5) is 0. The van der Waals surface area contributed by atoms with Crippen molar-refractivity contribution in [2.24, 2.45) is 0 Å². The van der Waals surface area contributed by atoms with Gasteiger partial charge >= 0.3 is 0 Å². The van der Waals surface area contributed by atoms with Crippen LogP contribution in [0, 0.1) is 0 Å². The molecule has 7 nitrogen and oxygen atoms in total.